The monoisotopic (exact) mass is 379 g/mol. The third-order valence-electron chi connectivity index (χ3n) is 5.58. The van der Waals surface area contributed by atoms with Crippen molar-refractivity contribution in [3.05, 3.63) is 34.5 Å². The molecule has 140 valence electrons. The molecule has 0 bridgehead atoms. The third kappa shape index (κ3) is 2.51. The van der Waals surface area contributed by atoms with Gasteiger partial charge in [0.1, 0.15) is 5.54 Å². The lowest BCUT2D eigenvalue weighted by Crippen LogP contribution is -2.76. The smallest absolute Gasteiger partial charge is 0.330 e. The van der Waals surface area contributed by atoms with Gasteiger partial charge >= 0.3 is 5.97 Å². The topological polar surface area (TPSA) is 88.8 Å². The van der Waals surface area contributed by atoms with Crippen LogP contribution in [0, 0.1) is 12.3 Å². The van der Waals surface area contributed by atoms with Gasteiger partial charge in [0.05, 0.1) is 11.1 Å². The van der Waals surface area contributed by atoms with Crippen LogP contribution in [-0.4, -0.2) is 35.2 Å². The summed E-state index contributed by atoms with van der Waals surface area (Å²) >= 11 is 6.13. The fourth-order valence-electron chi connectivity index (χ4n) is 3.71. The molecule has 26 heavy (non-hydrogen) atoms. The highest BCUT2D eigenvalue weighted by Crippen LogP contribution is 2.51. The van der Waals surface area contributed by atoms with Crippen molar-refractivity contribution in [2.45, 2.75) is 45.8 Å². The second-order valence-electron chi connectivity index (χ2n) is 7.21. The molecule has 6 nitrogen and oxygen atoms in total. The maximum Gasteiger partial charge on any atom is 0.330 e. The summed E-state index contributed by atoms with van der Waals surface area (Å²) in [7, 11) is 0. The van der Waals surface area contributed by atoms with Crippen LogP contribution in [0.1, 0.15) is 43.3 Å². The predicted octanol–water partition coefficient (Wildman–Crippen LogP) is 3.78. The van der Waals surface area contributed by atoms with Crippen molar-refractivity contribution in [3.8, 4) is 0 Å². The van der Waals surface area contributed by atoms with Crippen molar-refractivity contribution < 1.29 is 23.8 Å². The van der Waals surface area contributed by atoms with Gasteiger partial charge < -0.3 is 19.6 Å². The van der Waals surface area contributed by atoms with Gasteiger partial charge in [-0.3, -0.25) is 4.79 Å². The minimum Gasteiger partial charge on any atom is -0.479 e. The maximum absolute atomic E-state index is 12.9. The first-order valence-electron chi connectivity index (χ1n) is 8.51. The molecule has 0 saturated heterocycles. The number of carbonyl (C=O) groups excluding carboxylic acids is 1. The molecule has 1 aromatic carbocycles. The number of aliphatic carboxylic acids is 1. The van der Waals surface area contributed by atoms with Crippen LogP contribution in [0.3, 0.4) is 0 Å². The predicted molar refractivity (Wildman–Crippen MR) is 97.6 cm³/mol. The molecule has 0 spiro atoms. The number of ether oxygens (including phenoxy) is 1. The van der Waals surface area contributed by atoms with E-state index in [4.69, 9.17) is 20.8 Å². The van der Waals surface area contributed by atoms with E-state index in [0.717, 1.165) is 5.39 Å². The van der Waals surface area contributed by atoms with E-state index in [1.807, 2.05) is 13.0 Å². The third-order valence-corrected chi connectivity index (χ3v) is 5.88. The summed E-state index contributed by atoms with van der Waals surface area (Å²) in [6, 6.07) is 5.26. The van der Waals surface area contributed by atoms with E-state index in [2.05, 4.69) is 5.32 Å². The van der Waals surface area contributed by atoms with Gasteiger partial charge in [0, 0.05) is 29.4 Å². The fraction of sp³-hybridized carbons (Fsp3) is 0.474. The van der Waals surface area contributed by atoms with Gasteiger partial charge in [0.2, 0.25) is 0 Å². The summed E-state index contributed by atoms with van der Waals surface area (Å²) in [5.41, 5.74) is -1.14. The lowest BCUT2D eigenvalue weighted by molar-refractivity contribution is -0.190. The van der Waals surface area contributed by atoms with Crippen LogP contribution in [0.15, 0.2) is 22.6 Å². The van der Waals surface area contributed by atoms with Gasteiger partial charge in [-0.15, -0.1) is 0 Å². The summed E-state index contributed by atoms with van der Waals surface area (Å²) in [5.74, 6) is -1.58. The number of benzene rings is 1. The van der Waals surface area contributed by atoms with Gasteiger partial charge in [-0.2, -0.15) is 0 Å². The number of amides is 1. The van der Waals surface area contributed by atoms with Crippen LogP contribution in [0.5, 0.6) is 0 Å². The van der Waals surface area contributed by atoms with Crippen LogP contribution >= 0.6 is 11.6 Å². The average molecular weight is 380 g/mol. The number of rotatable bonds is 5. The molecule has 0 aliphatic heterocycles. The normalized spacial score (nSPS) is 24.3. The van der Waals surface area contributed by atoms with E-state index in [0.29, 0.717) is 22.8 Å². The second kappa shape index (κ2) is 6.28. The number of furan rings is 1. The highest BCUT2D eigenvalue weighted by molar-refractivity contribution is 6.35. The van der Waals surface area contributed by atoms with Gasteiger partial charge in [0.25, 0.3) is 5.91 Å². The van der Waals surface area contributed by atoms with E-state index < -0.39 is 22.8 Å². The molecule has 2 atom stereocenters. The minimum absolute atomic E-state index is 0.0735. The molecule has 1 heterocycles. The lowest BCUT2D eigenvalue weighted by Gasteiger charge is -2.58. The molecular formula is C19H22ClNO5. The first-order chi connectivity index (χ1) is 12.2. The first-order valence-corrected chi connectivity index (χ1v) is 8.88. The van der Waals surface area contributed by atoms with Crippen molar-refractivity contribution in [2.24, 2.45) is 5.41 Å². The quantitative estimate of drug-likeness (QED) is 0.825. The molecule has 7 heteroatoms. The fourth-order valence-corrected chi connectivity index (χ4v) is 3.93. The van der Waals surface area contributed by atoms with Gasteiger partial charge in [0.15, 0.2) is 11.3 Å². The van der Waals surface area contributed by atoms with Crippen molar-refractivity contribution in [1.29, 1.82) is 0 Å². The number of nitrogens with one attached hydrogen (secondary N) is 1. The van der Waals surface area contributed by atoms with Crippen LogP contribution < -0.4 is 5.32 Å². The molecule has 1 amide bonds. The number of carboxylic acid groups (broad SMARTS) is 1. The Labute approximate surface area is 156 Å². The number of aryl methyl sites for hydroxylation is 1. The Morgan fingerprint density at radius 2 is 2.12 bits per heavy atom. The van der Waals surface area contributed by atoms with E-state index in [1.165, 1.54) is 0 Å². The Kier molecular flexibility index (Phi) is 4.53. The number of hydrogen-bond donors (Lipinski definition) is 2. The first kappa shape index (κ1) is 18.7. The van der Waals surface area contributed by atoms with Crippen LogP contribution in [0.25, 0.3) is 11.0 Å². The highest BCUT2D eigenvalue weighted by Gasteiger charge is 2.66. The molecular weight excluding hydrogens is 358 g/mol. The maximum atomic E-state index is 12.9. The van der Waals surface area contributed by atoms with Gasteiger partial charge in [-0.05, 0) is 19.9 Å². The molecule has 3 rings (SSSR count). The number of halogens is 1. The summed E-state index contributed by atoms with van der Waals surface area (Å²) in [6.45, 7) is 7.66. The molecule has 1 aliphatic carbocycles. The molecule has 1 aliphatic rings. The average Bonchev–Trinajstić information content (AvgIpc) is 2.92. The SMILES string of the molecule is CCOC1CC(NC(=O)c2oc3c(Cl)cccc3c2C)(C(=O)O)C1(C)C. The zero-order chi connectivity index (χ0) is 19.3. The van der Waals surface area contributed by atoms with E-state index in [-0.39, 0.29) is 18.3 Å². The number of fused-ring (bicyclic) bond motifs is 1. The summed E-state index contributed by atoms with van der Waals surface area (Å²) in [6.07, 6.45) is -0.0373. The van der Waals surface area contributed by atoms with Crippen LogP contribution in [0.4, 0.5) is 0 Å². The van der Waals surface area contributed by atoms with Crippen molar-refractivity contribution >= 4 is 34.4 Å². The van der Waals surface area contributed by atoms with Crippen molar-refractivity contribution in [2.75, 3.05) is 6.61 Å². The molecule has 1 aromatic heterocycles. The molecule has 1 saturated carbocycles. The van der Waals surface area contributed by atoms with Crippen LogP contribution in [-0.2, 0) is 9.53 Å². The molecule has 2 unspecified atom stereocenters. The summed E-state index contributed by atoms with van der Waals surface area (Å²) in [4.78, 5) is 24.9. The highest BCUT2D eigenvalue weighted by atomic mass is 35.5. The number of carbonyl (C=O) groups is 2. The van der Waals surface area contributed by atoms with E-state index in [9.17, 15) is 14.7 Å². The van der Waals surface area contributed by atoms with Crippen LogP contribution in [0.2, 0.25) is 5.02 Å². The Bertz CT molecular complexity index is 887. The molecule has 2 aromatic rings. The second-order valence-corrected chi connectivity index (χ2v) is 7.61. The Morgan fingerprint density at radius 1 is 1.42 bits per heavy atom. The Balaban J connectivity index is 1.95. The molecule has 0 radical (unpaired) electrons. The van der Waals surface area contributed by atoms with E-state index >= 15 is 0 Å². The summed E-state index contributed by atoms with van der Waals surface area (Å²) in [5, 5.41) is 13.7. The molecule has 2 N–H and O–H groups in total. The molecule has 1 fully saturated rings. The lowest BCUT2D eigenvalue weighted by atomic mass is 9.54. The standard InChI is InChI=1S/C19H22ClNO5/c1-5-25-13-9-19(17(23)24,18(13,3)4)21-16(22)14-10(2)11-7-6-8-12(20)15(11)26-14/h6-8,13H,5,9H2,1-4H3,(H,21,22)(H,23,24). The zero-order valence-electron chi connectivity index (χ0n) is 15.2. The van der Waals surface area contributed by atoms with Crippen molar-refractivity contribution in [1.82, 2.24) is 5.32 Å². The zero-order valence-corrected chi connectivity index (χ0v) is 15.9. The van der Waals surface area contributed by atoms with Crippen molar-refractivity contribution in [3.63, 3.8) is 0 Å². The van der Waals surface area contributed by atoms with E-state index in [1.54, 1.807) is 32.9 Å². The van der Waals surface area contributed by atoms with Gasteiger partial charge in [-0.1, -0.05) is 37.6 Å². The summed E-state index contributed by atoms with van der Waals surface area (Å²) < 4.78 is 11.3. The Morgan fingerprint density at radius 3 is 2.65 bits per heavy atom. The van der Waals surface area contributed by atoms with Gasteiger partial charge in [-0.25, -0.2) is 4.79 Å². The number of carboxylic acids is 1. The number of para-hydroxylation sites is 1. The largest absolute Gasteiger partial charge is 0.479 e. The number of hydrogen-bond acceptors (Lipinski definition) is 4. The Hall–Kier alpha value is -2.05. The minimum atomic E-state index is -1.42.